The Balaban J connectivity index is 1.80. The zero-order valence-electron chi connectivity index (χ0n) is 13.1. The Morgan fingerprint density at radius 2 is 1.96 bits per heavy atom. The molecular formula is C17H19NO4S. The number of amides is 1. The zero-order valence-corrected chi connectivity index (χ0v) is 13.9. The molecule has 0 radical (unpaired) electrons. The SMILES string of the molecule is COCc1ccc(C(=O)OCC(=O)N[C@@H](C)c2cccs2)cc1. The third-order valence-corrected chi connectivity index (χ3v) is 4.24. The number of nitrogens with one attached hydrogen (secondary N) is 1. The minimum atomic E-state index is -0.520. The van der Waals surface area contributed by atoms with Gasteiger partial charge in [0.05, 0.1) is 18.2 Å². The third kappa shape index (κ3) is 5.19. The maximum Gasteiger partial charge on any atom is 0.338 e. The molecule has 1 aromatic heterocycles. The highest BCUT2D eigenvalue weighted by molar-refractivity contribution is 7.10. The molecule has 0 saturated carbocycles. The Morgan fingerprint density at radius 1 is 1.22 bits per heavy atom. The van der Waals surface area contributed by atoms with Crippen molar-refractivity contribution in [3.05, 3.63) is 57.8 Å². The van der Waals surface area contributed by atoms with Gasteiger partial charge in [-0.05, 0) is 36.1 Å². The summed E-state index contributed by atoms with van der Waals surface area (Å²) in [5.41, 5.74) is 1.37. The van der Waals surface area contributed by atoms with E-state index >= 15 is 0 Å². The monoisotopic (exact) mass is 333 g/mol. The topological polar surface area (TPSA) is 64.6 Å². The Bertz CT molecular complexity index is 637. The van der Waals surface area contributed by atoms with E-state index in [2.05, 4.69) is 5.32 Å². The fourth-order valence-electron chi connectivity index (χ4n) is 2.01. The molecule has 0 bridgehead atoms. The molecule has 1 atom stereocenters. The summed E-state index contributed by atoms with van der Waals surface area (Å²) in [5, 5.41) is 4.74. The number of carbonyl (C=O) groups excluding carboxylic acids is 2. The molecule has 1 aromatic carbocycles. The summed E-state index contributed by atoms with van der Waals surface area (Å²) in [7, 11) is 1.61. The number of hydrogen-bond donors (Lipinski definition) is 1. The van der Waals surface area contributed by atoms with Crippen molar-refractivity contribution in [3.63, 3.8) is 0 Å². The van der Waals surface area contributed by atoms with Crippen molar-refractivity contribution in [2.24, 2.45) is 0 Å². The van der Waals surface area contributed by atoms with Crippen LogP contribution in [-0.4, -0.2) is 25.6 Å². The molecule has 1 amide bonds. The summed E-state index contributed by atoms with van der Waals surface area (Å²) in [6.07, 6.45) is 0. The highest BCUT2D eigenvalue weighted by atomic mass is 32.1. The summed E-state index contributed by atoms with van der Waals surface area (Å²) in [6.45, 7) is 2.08. The van der Waals surface area contributed by atoms with Crippen molar-refractivity contribution in [3.8, 4) is 0 Å². The fourth-order valence-corrected chi connectivity index (χ4v) is 2.74. The summed E-state index contributed by atoms with van der Waals surface area (Å²) in [5.74, 6) is -0.844. The smallest absolute Gasteiger partial charge is 0.338 e. The lowest BCUT2D eigenvalue weighted by molar-refractivity contribution is -0.124. The number of rotatable bonds is 7. The van der Waals surface area contributed by atoms with E-state index in [0.29, 0.717) is 12.2 Å². The largest absolute Gasteiger partial charge is 0.452 e. The molecule has 0 aliphatic rings. The predicted octanol–water partition coefficient (Wildman–Crippen LogP) is 2.93. The van der Waals surface area contributed by atoms with Gasteiger partial charge in [0.2, 0.25) is 0 Å². The van der Waals surface area contributed by atoms with Crippen LogP contribution >= 0.6 is 11.3 Å². The quantitative estimate of drug-likeness (QED) is 0.791. The van der Waals surface area contributed by atoms with Crippen LogP contribution in [0.25, 0.3) is 0 Å². The molecule has 0 aliphatic carbocycles. The van der Waals surface area contributed by atoms with Gasteiger partial charge < -0.3 is 14.8 Å². The minimum absolute atomic E-state index is 0.102. The maximum atomic E-state index is 11.9. The van der Waals surface area contributed by atoms with Gasteiger partial charge in [0.1, 0.15) is 0 Å². The van der Waals surface area contributed by atoms with E-state index in [0.717, 1.165) is 10.4 Å². The molecule has 122 valence electrons. The van der Waals surface area contributed by atoms with E-state index in [1.54, 1.807) is 42.7 Å². The number of ether oxygens (including phenoxy) is 2. The molecule has 23 heavy (non-hydrogen) atoms. The minimum Gasteiger partial charge on any atom is -0.452 e. The van der Waals surface area contributed by atoms with Crippen LogP contribution in [0.5, 0.6) is 0 Å². The zero-order chi connectivity index (χ0) is 16.7. The summed E-state index contributed by atoms with van der Waals surface area (Å²) < 4.78 is 10.0. The summed E-state index contributed by atoms with van der Waals surface area (Å²) in [6, 6.07) is 10.7. The van der Waals surface area contributed by atoms with Gasteiger partial charge in [0.15, 0.2) is 6.61 Å². The lowest BCUT2D eigenvalue weighted by Gasteiger charge is -2.12. The fraction of sp³-hybridized carbons (Fsp3) is 0.294. The predicted molar refractivity (Wildman–Crippen MR) is 88.3 cm³/mol. The molecule has 0 fully saturated rings. The van der Waals surface area contributed by atoms with Crippen molar-refractivity contribution < 1.29 is 19.1 Å². The van der Waals surface area contributed by atoms with Gasteiger partial charge in [0, 0.05) is 12.0 Å². The normalized spacial score (nSPS) is 11.7. The highest BCUT2D eigenvalue weighted by Gasteiger charge is 2.13. The lowest BCUT2D eigenvalue weighted by atomic mass is 10.1. The molecule has 1 N–H and O–H groups in total. The number of benzene rings is 1. The molecule has 0 aliphatic heterocycles. The van der Waals surface area contributed by atoms with Crippen molar-refractivity contribution in [1.82, 2.24) is 5.32 Å². The van der Waals surface area contributed by atoms with Crippen LogP contribution in [0, 0.1) is 0 Å². The van der Waals surface area contributed by atoms with Crippen LogP contribution in [0.15, 0.2) is 41.8 Å². The first-order chi connectivity index (χ1) is 11.1. The van der Waals surface area contributed by atoms with Crippen LogP contribution in [0.1, 0.15) is 33.8 Å². The molecule has 0 spiro atoms. The van der Waals surface area contributed by atoms with Crippen LogP contribution in [0.4, 0.5) is 0 Å². The number of methoxy groups -OCH3 is 1. The molecule has 5 nitrogen and oxygen atoms in total. The molecule has 1 heterocycles. The van der Waals surface area contributed by atoms with E-state index in [1.165, 1.54) is 0 Å². The van der Waals surface area contributed by atoms with Gasteiger partial charge in [-0.25, -0.2) is 4.79 Å². The molecule has 2 aromatic rings. The van der Waals surface area contributed by atoms with Gasteiger partial charge >= 0.3 is 5.97 Å². The number of carbonyl (C=O) groups is 2. The maximum absolute atomic E-state index is 11.9. The van der Waals surface area contributed by atoms with Gasteiger partial charge in [-0.1, -0.05) is 18.2 Å². The van der Waals surface area contributed by atoms with Crippen molar-refractivity contribution in [2.75, 3.05) is 13.7 Å². The first-order valence-electron chi connectivity index (χ1n) is 7.18. The molecule has 0 unspecified atom stereocenters. The Labute approximate surface area is 139 Å². The highest BCUT2D eigenvalue weighted by Crippen LogP contribution is 2.17. The van der Waals surface area contributed by atoms with Crippen LogP contribution in [-0.2, 0) is 20.9 Å². The molecular weight excluding hydrogens is 314 g/mol. The van der Waals surface area contributed by atoms with E-state index in [4.69, 9.17) is 9.47 Å². The standard InChI is InChI=1S/C17H19NO4S/c1-12(15-4-3-9-23-15)18-16(19)11-22-17(20)14-7-5-13(6-8-14)10-21-2/h3-9,12H,10-11H2,1-2H3,(H,18,19)/t12-/m0/s1. The average molecular weight is 333 g/mol. The number of esters is 1. The van der Waals surface area contributed by atoms with Crippen LogP contribution in [0.2, 0.25) is 0 Å². The van der Waals surface area contributed by atoms with Gasteiger partial charge in [-0.3, -0.25) is 4.79 Å². The summed E-state index contributed by atoms with van der Waals surface area (Å²) >= 11 is 1.57. The van der Waals surface area contributed by atoms with Crippen molar-refractivity contribution in [1.29, 1.82) is 0 Å². The van der Waals surface area contributed by atoms with Gasteiger partial charge in [0.25, 0.3) is 5.91 Å². The Kier molecular flexibility index (Phi) is 6.31. The van der Waals surface area contributed by atoms with E-state index in [-0.39, 0.29) is 18.6 Å². The van der Waals surface area contributed by atoms with Gasteiger partial charge in [-0.2, -0.15) is 0 Å². The second-order valence-electron chi connectivity index (χ2n) is 5.01. The Morgan fingerprint density at radius 3 is 2.57 bits per heavy atom. The van der Waals surface area contributed by atoms with Crippen LogP contribution < -0.4 is 5.32 Å². The molecule has 2 rings (SSSR count). The summed E-state index contributed by atoms with van der Waals surface area (Å²) in [4.78, 5) is 24.8. The van der Waals surface area contributed by atoms with Crippen molar-refractivity contribution >= 4 is 23.2 Å². The molecule has 6 heteroatoms. The average Bonchev–Trinajstić information content (AvgIpc) is 3.08. The van der Waals surface area contributed by atoms with E-state index < -0.39 is 5.97 Å². The van der Waals surface area contributed by atoms with Crippen molar-refractivity contribution in [2.45, 2.75) is 19.6 Å². The third-order valence-electron chi connectivity index (χ3n) is 3.18. The van der Waals surface area contributed by atoms with E-state index in [1.807, 2.05) is 24.4 Å². The Hall–Kier alpha value is -2.18. The first kappa shape index (κ1) is 17.2. The lowest BCUT2D eigenvalue weighted by Crippen LogP contribution is -2.30. The van der Waals surface area contributed by atoms with E-state index in [9.17, 15) is 9.59 Å². The first-order valence-corrected chi connectivity index (χ1v) is 8.06. The second kappa shape index (κ2) is 8.45. The molecule has 0 saturated heterocycles. The van der Waals surface area contributed by atoms with Crippen LogP contribution in [0.3, 0.4) is 0 Å². The number of thiophene rings is 1. The van der Waals surface area contributed by atoms with Gasteiger partial charge in [-0.15, -0.1) is 11.3 Å². The number of hydrogen-bond acceptors (Lipinski definition) is 5. The second-order valence-corrected chi connectivity index (χ2v) is 5.99.